The van der Waals surface area contributed by atoms with Gasteiger partial charge in [0.15, 0.2) is 0 Å². The molecule has 2 atom stereocenters. The van der Waals surface area contributed by atoms with E-state index >= 15 is 0 Å². The summed E-state index contributed by atoms with van der Waals surface area (Å²) in [5.41, 5.74) is 0.479. The van der Waals surface area contributed by atoms with Crippen molar-refractivity contribution in [3.05, 3.63) is 5.89 Å². The highest BCUT2D eigenvalue weighted by atomic mass is 16.4. The third kappa shape index (κ3) is 2.97. The summed E-state index contributed by atoms with van der Waals surface area (Å²) in [6.45, 7) is 10.5. The summed E-state index contributed by atoms with van der Waals surface area (Å²) in [5, 5.41) is 14.5. The fraction of sp³-hybridized carbons (Fsp3) is 0.833. The molecule has 1 saturated carbocycles. The van der Waals surface area contributed by atoms with E-state index in [0.717, 1.165) is 19.0 Å². The lowest BCUT2D eigenvalue weighted by atomic mass is 10.1. The Bertz CT molecular complexity index is 374. The molecule has 0 aliphatic heterocycles. The molecule has 2 unspecified atom stereocenters. The minimum atomic E-state index is 0.111. The Morgan fingerprint density at radius 3 is 2.76 bits per heavy atom. The van der Waals surface area contributed by atoms with Gasteiger partial charge in [-0.2, -0.15) is 0 Å². The molecule has 5 heteroatoms. The molecule has 0 bridgehead atoms. The molecule has 1 aliphatic carbocycles. The quantitative estimate of drug-likeness (QED) is 0.795. The summed E-state index contributed by atoms with van der Waals surface area (Å²) in [4.78, 5) is 0. The minimum absolute atomic E-state index is 0.111. The van der Waals surface area contributed by atoms with Crippen LogP contribution in [0.25, 0.3) is 0 Å². The van der Waals surface area contributed by atoms with E-state index in [2.05, 4.69) is 41.6 Å². The number of nitrogens with zero attached hydrogens (tertiary/aromatic N) is 2. The van der Waals surface area contributed by atoms with Gasteiger partial charge in [0.1, 0.15) is 0 Å². The Hall–Kier alpha value is -1.10. The Balaban J connectivity index is 1.82. The molecule has 1 aliphatic rings. The molecular weight excluding hydrogens is 216 g/mol. The first kappa shape index (κ1) is 12.4. The molecule has 1 heterocycles. The average Bonchev–Trinajstić information content (AvgIpc) is 2.71. The third-order valence-corrected chi connectivity index (χ3v) is 3.54. The van der Waals surface area contributed by atoms with Crippen LogP contribution in [0.3, 0.4) is 0 Å². The second kappa shape index (κ2) is 4.64. The van der Waals surface area contributed by atoms with E-state index in [1.165, 1.54) is 6.42 Å². The van der Waals surface area contributed by atoms with Gasteiger partial charge in [0.05, 0.1) is 6.04 Å². The van der Waals surface area contributed by atoms with Gasteiger partial charge in [-0.25, -0.2) is 0 Å². The van der Waals surface area contributed by atoms with Crippen LogP contribution >= 0.6 is 0 Å². The van der Waals surface area contributed by atoms with Gasteiger partial charge in [0, 0.05) is 6.54 Å². The molecule has 0 saturated heterocycles. The maximum atomic E-state index is 5.55. The molecule has 1 aromatic rings. The van der Waals surface area contributed by atoms with E-state index in [-0.39, 0.29) is 6.04 Å². The van der Waals surface area contributed by atoms with E-state index in [1.54, 1.807) is 0 Å². The van der Waals surface area contributed by atoms with Crippen molar-refractivity contribution in [2.24, 2.45) is 11.3 Å². The lowest BCUT2D eigenvalue weighted by Gasteiger charge is -2.06. The zero-order valence-electron chi connectivity index (χ0n) is 11.1. The molecule has 2 rings (SSSR count). The molecule has 5 nitrogen and oxygen atoms in total. The monoisotopic (exact) mass is 238 g/mol. The lowest BCUT2D eigenvalue weighted by molar-refractivity contribution is 0.427. The molecule has 17 heavy (non-hydrogen) atoms. The standard InChI is InChI=1S/C12H22N4O/c1-5-13-8(2)10-15-16-11(17-10)14-7-9-6-12(9,3)4/h8-9,13H,5-7H2,1-4H3,(H,14,16). The van der Waals surface area contributed by atoms with Crippen molar-refractivity contribution in [3.63, 3.8) is 0 Å². The van der Waals surface area contributed by atoms with Crippen LogP contribution in [0.1, 0.15) is 46.0 Å². The van der Waals surface area contributed by atoms with Crippen LogP contribution in [0.2, 0.25) is 0 Å². The van der Waals surface area contributed by atoms with Crippen LogP contribution in [-0.2, 0) is 0 Å². The highest BCUT2D eigenvalue weighted by molar-refractivity contribution is 5.19. The van der Waals surface area contributed by atoms with E-state index in [1.807, 2.05) is 6.92 Å². The van der Waals surface area contributed by atoms with E-state index < -0.39 is 0 Å². The van der Waals surface area contributed by atoms with Crippen LogP contribution in [0, 0.1) is 11.3 Å². The predicted octanol–water partition coefficient (Wildman–Crippen LogP) is 2.20. The highest BCUT2D eigenvalue weighted by Gasteiger charge is 2.45. The molecular formula is C12H22N4O. The maximum absolute atomic E-state index is 5.55. The lowest BCUT2D eigenvalue weighted by Crippen LogP contribution is -2.17. The van der Waals surface area contributed by atoms with E-state index in [4.69, 9.17) is 4.42 Å². The number of aromatic nitrogens is 2. The summed E-state index contributed by atoms with van der Waals surface area (Å²) >= 11 is 0. The number of hydrogen-bond donors (Lipinski definition) is 2. The van der Waals surface area contributed by atoms with Crippen molar-refractivity contribution in [2.45, 2.75) is 40.2 Å². The average molecular weight is 238 g/mol. The SMILES string of the molecule is CCNC(C)c1nnc(NCC2CC2(C)C)o1. The first-order valence-corrected chi connectivity index (χ1v) is 6.33. The van der Waals surface area contributed by atoms with Crippen molar-refractivity contribution < 1.29 is 4.42 Å². The molecule has 1 aromatic heterocycles. The minimum Gasteiger partial charge on any atom is -0.406 e. The second-order valence-electron chi connectivity index (χ2n) is 5.50. The van der Waals surface area contributed by atoms with Crippen LogP contribution in [0.5, 0.6) is 0 Å². The van der Waals surface area contributed by atoms with Crippen molar-refractivity contribution in [3.8, 4) is 0 Å². The highest BCUT2D eigenvalue weighted by Crippen LogP contribution is 2.51. The fourth-order valence-electron chi connectivity index (χ4n) is 2.01. The van der Waals surface area contributed by atoms with E-state index in [0.29, 0.717) is 17.3 Å². The molecule has 0 radical (unpaired) electrons. The smallest absolute Gasteiger partial charge is 0.315 e. The van der Waals surface area contributed by atoms with Crippen molar-refractivity contribution in [1.82, 2.24) is 15.5 Å². The van der Waals surface area contributed by atoms with Gasteiger partial charge in [-0.3, -0.25) is 0 Å². The fourth-order valence-corrected chi connectivity index (χ4v) is 2.01. The molecule has 96 valence electrons. The summed E-state index contributed by atoms with van der Waals surface area (Å²) in [6, 6.07) is 0.646. The maximum Gasteiger partial charge on any atom is 0.315 e. The Morgan fingerprint density at radius 1 is 1.47 bits per heavy atom. The number of hydrogen-bond acceptors (Lipinski definition) is 5. The van der Waals surface area contributed by atoms with Gasteiger partial charge < -0.3 is 15.1 Å². The molecule has 0 spiro atoms. The Kier molecular flexibility index (Phi) is 3.38. The molecule has 0 amide bonds. The third-order valence-electron chi connectivity index (χ3n) is 3.54. The topological polar surface area (TPSA) is 63.0 Å². The summed E-state index contributed by atoms with van der Waals surface area (Å²) in [7, 11) is 0. The second-order valence-corrected chi connectivity index (χ2v) is 5.50. The van der Waals surface area contributed by atoms with Gasteiger partial charge in [-0.05, 0) is 31.2 Å². The summed E-state index contributed by atoms with van der Waals surface area (Å²) in [6.07, 6.45) is 1.27. The Labute approximate surface area is 102 Å². The largest absolute Gasteiger partial charge is 0.406 e. The van der Waals surface area contributed by atoms with Crippen molar-refractivity contribution in [1.29, 1.82) is 0 Å². The number of nitrogens with one attached hydrogen (secondary N) is 2. The Morgan fingerprint density at radius 2 is 2.18 bits per heavy atom. The number of anilines is 1. The predicted molar refractivity (Wildman–Crippen MR) is 66.8 cm³/mol. The molecule has 1 fully saturated rings. The number of rotatable bonds is 6. The van der Waals surface area contributed by atoms with Crippen LogP contribution in [0.4, 0.5) is 6.01 Å². The summed E-state index contributed by atoms with van der Waals surface area (Å²) in [5.74, 6) is 1.37. The first-order chi connectivity index (χ1) is 8.03. The van der Waals surface area contributed by atoms with Crippen molar-refractivity contribution >= 4 is 6.01 Å². The zero-order valence-corrected chi connectivity index (χ0v) is 11.1. The summed E-state index contributed by atoms with van der Waals surface area (Å²) < 4.78 is 5.55. The van der Waals surface area contributed by atoms with Crippen LogP contribution in [-0.4, -0.2) is 23.3 Å². The van der Waals surface area contributed by atoms with Gasteiger partial charge in [-0.15, -0.1) is 5.10 Å². The van der Waals surface area contributed by atoms with E-state index in [9.17, 15) is 0 Å². The van der Waals surface area contributed by atoms with Crippen LogP contribution in [0.15, 0.2) is 4.42 Å². The molecule has 2 N–H and O–H groups in total. The van der Waals surface area contributed by atoms with Gasteiger partial charge >= 0.3 is 6.01 Å². The normalized spacial score (nSPS) is 23.4. The van der Waals surface area contributed by atoms with Gasteiger partial charge in [0.25, 0.3) is 0 Å². The molecule has 0 aromatic carbocycles. The first-order valence-electron chi connectivity index (χ1n) is 6.33. The zero-order chi connectivity index (χ0) is 12.5. The van der Waals surface area contributed by atoms with Crippen LogP contribution < -0.4 is 10.6 Å². The van der Waals surface area contributed by atoms with Gasteiger partial charge in [-0.1, -0.05) is 25.9 Å². The van der Waals surface area contributed by atoms with Gasteiger partial charge in [0.2, 0.25) is 5.89 Å². The van der Waals surface area contributed by atoms with Crippen molar-refractivity contribution in [2.75, 3.05) is 18.4 Å².